The van der Waals surface area contributed by atoms with Gasteiger partial charge in [0.15, 0.2) is 5.82 Å². The van der Waals surface area contributed by atoms with E-state index in [4.69, 9.17) is 4.74 Å². The van der Waals surface area contributed by atoms with Gasteiger partial charge in [-0.05, 0) is 81.4 Å². The smallest absolute Gasteiger partial charge is 0.410 e. The van der Waals surface area contributed by atoms with Crippen LogP contribution in [0.25, 0.3) is 11.3 Å². The van der Waals surface area contributed by atoms with E-state index in [1.165, 1.54) is 23.2 Å². The van der Waals surface area contributed by atoms with Gasteiger partial charge in [0.05, 0.1) is 11.9 Å². The van der Waals surface area contributed by atoms with E-state index in [9.17, 15) is 23.6 Å². The summed E-state index contributed by atoms with van der Waals surface area (Å²) in [6.07, 6.45) is 8.53. The van der Waals surface area contributed by atoms with Gasteiger partial charge in [-0.2, -0.15) is 0 Å². The van der Waals surface area contributed by atoms with Crippen LogP contribution in [0.15, 0.2) is 74.1 Å². The van der Waals surface area contributed by atoms with Crippen molar-refractivity contribution in [3.8, 4) is 11.3 Å². The SMILES string of the molecule is C=CC(=O)N(C=C)c1cccc(-c2nc(NC3CCN(C(=O)OC4CCC(N5CCN(c6ccc(NC7CCC(=O)NC7=O)cc6F)CC5)CC4)CC3)ncc2F)c1.[HH].[HH].[HH]. The zero-order valence-corrected chi connectivity index (χ0v) is 32.4. The molecule has 16 heteroatoms. The number of imide groups is 1. The Hall–Kier alpha value is -5.90. The molecule has 3 aromatic rings. The summed E-state index contributed by atoms with van der Waals surface area (Å²) in [6.45, 7) is 11.2. The Morgan fingerprint density at radius 2 is 1.67 bits per heavy atom. The van der Waals surface area contributed by atoms with Crippen LogP contribution in [0.3, 0.4) is 0 Å². The van der Waals surface area contributed by atoms with Crippen molar-refractivity contribution in [1.82, 2.24) is 25.1 Å². The number of ether oxygens (including phenoxy) is 1. The minimum Gasteiger partial charge on any atom is -0.446 e. The van der Waals surface area contributed by atoms with E-state index < -0.39 is 17.8 Å². The molecule has 7 rings (SSSR count). The number of piperidine rings is 2. The number of aromatic nitrogens is 2. The van der Waals surface area contributed by atoms with Gasteiger partial charge in [-0.3, -0.25) is 29.5 Å². The molecule has 312 valence electrons. The first-order chi connectivity index (χ1) is 28.1. The number of halogens is 2. The number of likely N-dealkylation sites (tertiary alicyclic amines) is 1. The highest BCUT2D eigenvalue weighted by Gasteiger charge is 2.33. The molecule has 4 fully saturated rings. The molecule has 3 N–H and O–H groups in total. The van der Waals surface area contributed by atoms with Gasteiger partial charge in [-0.15, -0.1) is 0 Å². The molecule has 1 atom stereocenters. The molecule has 2 aromatic carbocycles. The standard InChI is InChI=1S/C42H49F2N9O5.3H2/c1-3-38(55)53(4-2)31-7-5-6-27(24-31)39-34(44)26-45-41(49-39)47-28-16-18-52(19-17-28)42(57)58-32-11-9-30(10-12-32)50-20-22-51(23-21-50)36-14-8-29(25-33(36)43)46-35-13-15-37(54)48-40(35)56;;;/h3-8,14,24-26,28,30,32,35,46H,1-2,9-13,15-23H2,(H,45,47,49)(H,48,54,56);3*1H. The average Bonchev–Trinajstić information content (AvgIpc) is 3.23. The predicted octanol–water partition coefficient (Wildman–Crippen LogP) is 6.19. The third-order valence-electron chi connectivity index (χ3n) is 11.4. The van der Waals surface area contributed by atoms with E-state index in [-0.39, 0.29) is 58.2 Å². The summed E-state index contributed by atoms with van der Waals surface area (Å²) in [7, 11) is 0. The van der Waals surface area contributed by atoms with Crippen LogP contribution < -0.4 is 25.8 Å². The van der Waals surface area contributed by atoms with Crippen molar-refractivity contribution < 1.29 is 37.0 Å². The van der Waals surface area contributed by atoms with E-state index in [1.54, 1.807) is 41.3 Å². The minimum atomic E-state index is -0.601. The van der Waals surface area contributed by atoms with Crippen LogP contribution >= 0.6 is 0 Å². The maximum Gasteiger partial charge on any atom is 0.410 e. The molecule has 1 aromatic heterocycles. The predicted molar refractivity (Wildman–Crippen MR) is 222 cm³/mol. The average molecular weight is 804 g/mol. The molecular weight excluding hydrogens is 749 g/mol. The molecule has 58 heavy (non-hydrogen) atoms. The highest BCUT2D eigenvalue weighted by atomic mass is 19.1. The zero-order valence-electron chi connectivity index (χ0n) is 32.4. The van der Waals surface area contributed by atoms with Crippen LogP contribution in [0, 0.1) is 11.6 Å². The van der Waals surface area contributed by atoms with Crippen molar-refractivity contribution in [2.24, 2.45) is 0 Å². The second-order valence-corrected chi connectivity index (χ2v) is 15.1. The third kappa shape index (κ3) is 9.44. The first-order valence-electron chi connectivity index (χ1n) is 19.9. The van der Waals surface area contributed by atoms with Gasteiger partial charge in [-0.1, -0.05) is 25.3 Å². The second-order valence-electron chi connectivity index (χ2n) is 15.1. The number of nitrogens with one attached hydrogen (secondary N) is 3. The van der Waals surface area contributed by atoms with Crippen molar-refractivity contribution in [2.75, 3.05) is 59.7 Å². The van der Waals surface area contributed by atoms with Crippen molar-refractivity contribution in [1.29, 1.82) is 0 Å². The normalized spacial score (nSPS) is 21.8. The highest BCUT2D eigenvalue weighted by molar-refractivity contribution is 6.03. The Morgan fingerprint density at radius 3 is 2.36 bits per heavy atom. The molecule has 14 nitrogen and oxygen atoms in total. The summed E-state index contributed by atoms with van der Waals surface area (Å²) in [5, 5.41) is 8.64. The number of benzene rings is 2. The lowest BCUT2D eigenvalue weighted by Gasteiger charge is -2.42. The van der Waals surface area contributed by atoms with Crippen molar-refractivity contribution in [3.63, 3.8) is 0 Å². The molecule has 4 heterocycles. The molecule has 1 unspecified atom stereocenters. The van der Waals surface area contributed by atoms with E-state index >= 15 is 4.39 Å². The lowest BCUT2D eigenvalue weighted by Crippen LogP contribution is -2.52. The summed E-state index contributed by atoms with van der Waals surface area (Å²) < 4.78 is 36.1. The van der Waals surface area contributed by atoms with E-state index in [0.29, 0.717) is 74.1 Å². The minimum absolute atomic E-state index is 0. The largest absolute Gasteiger partial charge is 0.446 e. The monoisotopic (exact) mass is 803 g/mol. The van der Waals surface area contributed by atoms with Gasteiger partial charge in [0.25, 0.3) is 5.91 Å². The van der Waals surface area contributed by atoms with Crippen LogP contribution in [-0.4, -0.2) is 107 Å². The molecule has 4 aliphatic rings. The lowest BCUT2D eigenvalue weighted by molar-refractivity contribution is -0.133. The molecule has 3 saturated heterocycles. The number of piperazine rings is 1. The van der Waals surface area contributed by atoms with Gasteiger partial charge < -0.3 is 25.2 Å². The first kappa shape index (κ1) is 40.3. The summed E-state index contributed by atoms with van der Waals surface area (Å²) in [5.74, 6) is -1.75. The number of hydrogen-bond acceptors (Lipinski definition) is 11. The number of hydrogen-bond donors (Lipinski definition) is 3. The fraction of sp³-hybridized carbons (Fsp3) is 0.429. The number of amides is 4. The van der Waals surface area contributed by atoms with Crippen LogP contribution in [0.1, 0.15) is 55.6 Å². The summed E-state index contributed by atoms with van der Waals surface area (Å²) in [4.78, 5) is 65.1. The lowest BCUT2D eigenvalue weighted by atomic mass is 9.91. The molecule has 1 aliphatic carbocycles. The molecule has 0 bridgehead atoms. The van der Waals surface area contributed by atoms with Gasteiger partial charge in [0, 0.05) is 85.2 Å². The number of nitrogens with zero attached hydrogens (tertiary/aromatic N) is 6. The van der Waals surface area contributed by atoms with Crippen LogP contribution in [0.2, 0.25) is 0 Å². The van der Waals surface area contributed by atoms with Crippen molar-refractivity contribution >= 4 is 46.8 Å². The maximum atomic E-state index is 15.2. The van der Waals surface area contributed by atoms with Crippen LogP contribution in [0.4, 0.5) is 36.6 Å². The molecule has 3 aliphatic heterocycles. The summed E-state index contributed by atoms with van der Waals surface area (Å²) in [6, 6.07) is 11.5. The molecule has 0 radical (unpaired) electrons. The summed E-state index contributed by atoms with van der Waals surface area (Å²) >= 11 is 0. The van der Waals surface area contributed by atoms with Gasteiger partial charge >= 0.3 is 6.09 Å². The molecular formula is C42H55F2N9O5. The maximum absolute atomic E-state index is 15.2. The summed E-state index contributed by atoms with van der Waals surface area (Å²) in [5.41, 5.74) is 2.08. The second kappa shape index (κ2) is 18.1. The van der Waals surface area contributed by atoms with Gasteiger partial charge in [0.2, 0.25) is 17.8 Å². The number of carbonyl (C=O) groups is 4. The van der Waals surface area contributed by atoms with Gasteiger partial charge in [0.1, 0.15) is 23.7 Å². The van der Waals surface area contributed by atoms with E-state index in [2.05, 4.69) is 44.0 Å². The quantitative estimate of drug-likeness (QED) is 0.151. The number of anilines is 4. The van der Waals surface area contributed by atoms with Crippen LogP contribution in [-0.2, 0) is 19.1 Å². The number of rotatable bonds is 11. The van der Waals surface area contributed by atoms with E-state index in [0.717, 1.165) is 45.0 Å². The Labute approximate surface area is 340 Å². The Kier molecular flexibility index (Phi) is 12.6. The topological polar surface area (TPSA) is 152 Å². The van der Waals surface area contributed by atoms with Crippen LogP contribution in [0.5, 0.6) is 0 Å². The first-order valence-corrected chi connectivity index (χ1v) is 19.9. The Balaban J connectivity index is 0.00000273. The fourth-order valence-electron chi connectivity index (χ4n) is 8.21. The number of carbonyl (C=O) groups excluding carboxylic acids is 4. The van der Waals surface area contributed by atoms with Gasteiger partial charge in [-0.25, -0.2) is 23.5 Å². The Morgan fingerprint density at radius 1 is 0.914 bits per heavy atom. The fourth-order valence-corrected chi connectivity index (χ4v) is 8.21. The molecule has 1 saturated carbocycles. The zero-order chi connectivity index (χ0) is 40.8. The molecule has 4 amide bonds. The third-order valence-corrected chi connectivity index (χ3v) is 11.4. The van der Waals surface area contributed by atoms with Crippen molar-refractivity contribution in [3.05, 3.63) is 85.7 Å². The Bertz CT molecular complexity index is 2040. The molecule has 0 spiro atoms. The van der Waals surface area contributed by atoms with E-state index in [1.807, 2.05) is 4.90 Å². The van der Waals surface area contributed by atoms with Crippen molar-refractivity contribution in [2.45, 2.75) is 75.6 Å². The highest BCUT2D eigenvalue weighted by Crippen LogP contribution is 2.31.